The zero-order valence-corrected chi connectivity index (χ0v) is 11.5. The van der Waals surface area contributed by atoms with Crippen LogP contribution in [0.2, 0.25) is 0 Å². The molecule has 2 N–H and O–H groups in total. The monoisotopic (exact) mass is 308 g/mol. The van der Waals surface area contributed by atoms with Crippen LogP contribution >= 0.6 is 0 Å². The first-order valence-corrected chi connectivity index (χ1v) is 7.14. The largest absolute Gasteiger partial charge is 0.481 e. The minimum Gasteiger partial charge on any atom is -0.481 e. The van der Waals surface area contributed by atoms with Gasteiger partial charge in [0.2, 0.25) is 0 Å². The van der Waals surface area contributed by atoms with Gasteiger partial charge in [-0.15, -0.1) is 0 Å². The molecule has 8 heteroatoms. The maximum atomic E-state index is 12.7. The van der Waals surface area contributed by atoms with Crippen molar-refractivity contribution in [1.29, 1.82) is 0 Å². The van der Waals surface area contributed by atoms with Gasteiger partial charge in [-0.25, -0.2) is 4.79 Å². The number of nitrogens with zero attached hydrogens (tertiary/aromatic N) is 1. The summed E-state index contributed by atoms with van der Waals surface area (Å²) in [5, 5.41) is 11.6. The van der Waals surface area contributed by atoms with Crippen LogP contribution in [0, 0.1) is 11.8 Å². The molecule has 21 heavy (non-hydrogen) atoms. The van der Waals surface area contributed by atoms with Crippen molar-refractivity contribution < 1.29 is 27.9 Å². The highest BCUT2D eigenvalue weighted by molar-refractivity contribution is 5.77. The molecule has 5 nitrogen and oxygen atoms in total. The number of urea groups is 1. The van der Waals surface area contributed by atoms with Gasteiger partial charge in [0.25, 0.3) is 0 Å². The SMILES string of the molecule is O=C(O)C1CCCC1NC(=O)N1CCCC(C(F)(F)F)C1. The lowest BCUT2D eigenvalue weighted by Crippen LogP contribution is -2.52. The number of hydrogen-bond acceptors (Lipinski definition) is 2. The van der Waals surface area contributed by atoms with Crippen LogP contribution in [0.5, 0.6) is 0 Å². The lowest BCUT2D eigenvalue weighted by atomic mass is 9.98. The summed E-state index contributed by atoms with van der Waals surface area (Å²) in [6.45, 7) is -0.0668. The van der Waals surface area contributed by atoms with Crippen LogP contribution in [0.1, 0.15) is 32.1 Å². The molecule has 3 unspecified atom stereocenters. The van der Waals surface area contributed by atoms with Crippen molar-refractivity contribution in [3.63, 3.8) is 0 Å². The maximum absolute atomic E-state index is 12.7. The van der Waals surface area contributed by atoms with Crippen molar-refractivity contribution in [3.8, 4) is 0 Å². The molecule has 0 bridgehead atoms. The molecule has 2 rings (SSSR count). The maximum Gasteiger partial charge on any atom is 0.393 e. The molecule has 1 saturated heterocycles. The Hall–Kier alpha value is -1.47. The molecule has 0 aromatic heterocycles. The third-order valence-electron chi connectivity index (χ3n) is 4.31. The number of halogens is 3. The predicted molar refractivity (Wildman–Crippen MR) is 67.6 cm³/mol. The zero-order valence-electron chi connectivity index (χ0n) is 11.5. The van der Waals surface area contributed by atoms with Gasteiger partial charge in [-0.3, -0.25) is 4.79 Å². The predicted octanol–water partition coefficient (Wildman–Crippen LogP) is 2.22. The molecule has 3 atom stereocenters. The van der Waals surface area contributed by atoms with E-state index in [0.717, 1.165) is 4.90 Å². The van der Waals surface area contributed by atoms with Gasteiger partial charge < -0.3 is 15.3 Å². The average molecular weight is 308 g/mol. The fourth-order valence-corrected chi connectivity index (χ4v) is 3.11. The second kappa shape index (κ2) is 6.11. The van der Waals surface area contributed by atoms with E-state index >= 15 is 0 Å². The molecule has 1 aliphatic carbocycles. The van der Waals surface area contributed by atoms with Crippen LogP contribution in [0.3, 0.4) is 0 Å². The van der Waals surface area contributed by atoms with Crippen LogP contribution in [0.25, 0.3) is 0 Å². The Morgan fingerprint density at radius 2 is 1.86 bits per heavy atom. The van der Waals surface area contributed by atoms with E-state index in [0.29, 0.717) is 25.7 Å². The van der Waals surface area contributed by atoms with E-state index in [1.165, 1.54) is 0 Å². The third-order valence-corrected chi connectivity index (χ3v) is 4.31. The van der Waals surface area contributed by atoms with Crippen LogP contribution in [0.4, 0.5) is 18.0 Å². The summed E-state index contributed by atoms with van der Waals surface area (Å²) in [5.74, 6) is -3.10. The first kappa shape index (κ1) is 15.9. The molecule has 0 radical (unpaired) electrons. The molecule has 1 saturated carbocycles. The number of amides is 2. The topological polar surface area (TPSA) is 69.6 Å². The molecule has 2 amide bonds. The number of carboxylic acid groups (broad SMARTS) is 1. The number of hydrogen-bond donors (Lipinski definition) is 2. The Morgan fingerprint density at radius 1 is 1.14 bits per heavy atom. The number of rotatable bonds is 2. The van der Waals surface area contributed by atoms with Gasteiger partial charge in [0.15, 0.2) is 0 Å². The van der Waals surface area contributed by atoms with Gasteiger partial charge in [0.05, 0.1) is 11.8 Å². The van der Waals surface area contributed by atoms with E-state index in [2.05, 4.69) is 5.32 Å². The summed E-state index contributed by atoms with van der Waals surface area (Å²) in [6, 6.07) is -1.07. The van der Waals surface area contributed by atoms with E-state index in [1.54, 1.807) is 0 Å². The second-order valence-electron chi connectivity index (χ2n) is 5.76. The number of likely N-dealkylation sites (tertiary alicyclic amines) is 1. The highest BCUT2D eigenvalue weighted by Gasteiger charge is 2.43. The Kier molecular flexibility index (Phi) is 4.63. The van der Waals surface area contributed by atoms with Crippen molar-refractivity contribution in [2.75, 3.05) is 13.1 Å². The Morgan fingerprint density at radius 3 is 2.48 bits per heavy atom. The molecule has 120 valence electrons. The van der Waals surface area contributed by atoms with E-state index in [4.69, 9.17) is 5.11 Å². The number of carbonyl (C=O) groups is 2. The minimum absolute atomic E-state index is 0.0362. The summed E-state index contributed by atoms with van der Waals surface area (Å²) in [7, 11) is 0. The van der Waals surface area contributed by atoms with Gasteiger partial charge in [0.1, 0.15) is 0 Å². The summed E-state index contributed by atoms with van der Waals surface area (Å²) >= 11 is 0. The normalized spacial score (nSPS) is 30.2. The van der Waals surface area contributed by atoms with Gasteiger partial charge in [0, 0.05) is 19.1 Å². The van der Waals surface area contributed by atoms with E-state index in [1.807, 2.05) is 0 Å². The third kappa shape index (κ3) is 3.79. The van der Waals surface area contributed by atoms with E-state index < -0.39 is 36.1 Å². The smallest absolute Gasteiger partial charge is 0.393 e. The standard InChI is InChI=1S/C13H19F3N2O3/c14-13(15,16)8-3-2-6-18(7-8)12(21)17-10-5-1-4-9(10)11(19)20/h8-10H,1-7H2,(H,17,21)(H,19,20). The van der Waals surface area contributed by atoms with Crippen molar-refractivity contribution >= 4 is 12.0 Å². The van der Waals surface area contributed by atoms with Crippen molar-refractivity contribution in [2.45, 2.75) is 44.3 Å². The summed E-state index contributed by atoms with van der Waals surface area (Å²) in [6.07, 6.45) is -2.20. The molecule has 0 aromatic rings. The van der Waals surface area contributed by atoms with E-state index in [9.17, 15) is 22.8 Å². The first-order valence-electron chi connectivity index (χ1n) is 7.14. The molecular formula is C13H19F3N2O3. The summed E-state index contributed by atoms with van der Waals surface area (Å²) < 4.78 is 38.1. The zero-order chi connectivity index (χ0) is 15.6. The fourth-order valence-electron chi connectivity index (χ4n) is 3.11. The Bertz CT molecular complexity index is 414. The highest BCUT2D eigenvalue weighted by atomic mass is 19.4. The van der Waals surface area contributed by atoms with Gasteiger partial charge in [-0.2, -0.15) is 13.2 Å². The number of aliphatic carboxylic acids is 1. The van der Waals surface area contributed by atoms with Crippen molar-refractivity contribution in [1.82, 2.24) is 10.2 Å². The number of carbonyl (C=O) groups excluding carboxylic acids is 1. The van der Waals surface area contributed by atoms with Gasteiger partial charge in [-0.05, 0) is 25.7 Å². The molecule has 1 heterocycles. The molecule has 1 aliphatic heterocycles. The number of piperidine rings is 1. The summed E-state index contributed by atoms with van der Waals surface area (Å²) in [5.41, 5.74) is 0. The van der Waals surface area contributed by atoms with Crippen molar-refractivity contribution in [2.24, 2.45) is 11.8 Å². The molecule has 0 spiro atoms. The van der Waals surface area contributed by atoms with Crippen LogP contribution in [0.15, 0.2) is 0 Å². The summed E-state index contributed by atoms with van der Waals surface area (Å²) in [4.78, 5) is 24.2. The average Bonchev–Trinajstić information content (AvgIpc) is 2.86. The minimum atomic E-state index is -4.30. The van der Waals surface area contributed by atoms with Gasteiger partial charge in [-0.1, -0.05) is 6.42 Å². The number of alkyl halides is 3. The Balaban J connectivity index is 1.92. The lowest BCUT2D eigenvalue weighted by molar-refractivity contribution is -0.184. The molecular weight excluding hydrogens is 289 g/mol. The van der Waals surface area contributed by atoms with E-state index in [-0.39, 0.29) is 19.5 Å². The Labute approximate surface area is 120 Å². The number of nitrogens with one attached hydrogen (secondary N) is 1. The second-order valence-corrected chi connectivity index (χ2v) is 5.76. The van der Waals surface area contributed by atoms with Gasteiger partial charge >= 0.3 is 18.2 Å². The number of carboxylic acids is 1. The van der Waals surface area contributed by atoms with Crippen LogP contribution in [-0.2, 0) is 4.79 Å². The molecule has 0 aromatic carbocycles. The molecule has 2 fully saturated rings. The quantitative estimate of drug-likeness (QED) is 0.822. The lowest BCUT2D eigenvalue weighted by Gasteiger charge is -2.34. The first-order chi connectivity index (χ1) is 9.79. The van der Waals surface area contributed by atoms with Crippen LogP contribution < -0.4 is 5.32 Å². The van der Waals surface area contributed by atoms with Crippen molar-refractivity contribution in [3.05, 3.63) is 0 Å². The molecule has 2 aliphatic rings. The fraction of sp³-hybridized carbons (Fsp3) is 0.846. The highest BCUT2D eigenvalue weighted by Crippen LogP contribution is 2.33. The van der Waals surface area contributed by atoms with Crippen LogP contribution in [-0.4, -0.2) is 47.3 Å².